The minimum atomic E-state index is -1.26. The number of halogens is 2. The molecule has 1 saturated heterocycles. The largest absolute Gasteiger partial charge is 0.478 e. The van der Waals surface area contributed by atoms with Gasteiger partial charge in [-0.1, -0.05) is 18.9 Å². The van der Waals surface area contributed by atoms with Crippen LogP contribution < -0.4 is 5.32 Å². The first kappa shape index (κ1) is 30.9. The highest BCUT2D eigenvalue weighted by Gasteiger charge is 2.44. The Hall–Kier alpha value is -4.58. The van der Waals surface area contributed by atoms with Crippen molar-refractivity contribution in [3.05, 3.63) is 71.6 Å². The van der Waals surface area contributed by atoms with Gasteiger partial charge in [0, 0.05) is 35.0 Å². The smallest absolute Gasteiger partial charge is 0.328 e. The van der Waals surface area contributed by atoms with Crippen molar-refractivity contribution in [2.45, 2.75) is 56.8 Å². The monoisotopic (exact) mass is 604 g/mol. The van der Waals surface area contributed by atoms with E-state index in [1.54, 1.807) is 0 Å². The molecule has 0 atom stereocenters. The second kappa shape index (κ2) is 13.0. The molecule has 12 heteroatoms. The Balaban J connectivity index is 0.000000426. The molecule has 2 aromatic heterocycles. The number of fused-ring (bicyclic) bond motifs is 2. The van der Waals surface area contributed by atoms with E-state index >= 15 is 4.39 Å². The predicted octanol–water partition coefficient (Wildman–Crippen LogP) is 6.00. The van der Waals surface area contributed by atoms with Gasteiger partial charge in [-0.3, -0.25) is 4.99 Å². The van der Waals surface area contributed by atoms with Crippen molar-refractivity contribution >= 4 is 35.1 Å². The number of nitrogens with one attached hydrogen (secondary N) is 1. The maximum atomic E-state index is 15.1. The Bertz CT molecular complexity index is 1600. The summed E-state index contributed by atoms with van der Waals surface area (Å²) in [5, 5.41) is 18.7. The number of rotatable bonds is 6. The zero-order valence-corrected chi connectivity index (χ0v) is 24.6. The van der Waals surface area contributed by atoms with Crippen LogP contribution in [0.15, 0.2) is 53.8 Å². The SMILES string of the molecule is CC1=Nc2c(F)cc(-c3nc(Nc4ccc(C5CCN(C)CC5)cn4)ncc3F)cc2C12CCCC2.O=C(O)/C=C/C(=O)O. The van der Waals surface area contributed by atoms with Gasteiger partial charge < -0.3 is 20.4 Å². The summed E-state index contributed by atoms with van der Waals surface area (Å²) in [6, 6.07) is 7.18. The van der Waals surface area contributed by atoms with Crippen molar-refractivity contribution in [1.82, 2.24) is 19.9 Å². The Morgan fingerprint density at radius 2 is 1.68 bits per heavy atom. The van der Waals surface area contributed by atoms with Crippen LogP contribution >= 0.6 is 0 Å². The number of carbonyl (C=O) groups is 2. The summed E-state index contributed by atoms with van der Waals surface area (Å²) in [6.45, 7) is 4.16. The summed E-state index contributed by atoms with van der Waals surface area (Å²) in [5.41, 5.74) is 3.64. The lowest BCUT2D eigenvalue weighted by atomic mass is 9.76. The molecule has 4 heterocycles. The number of carboxylic acid groups (broad SMARTS) is 2. The van der Waals surface area contributed by atoms with Crippen molar-refractivity contribution in [2.24, 2.45) is 4.99 Å². The number of aliphatic imine (C=N–C) groups is 1. The van der Waals surface area contributed by atoms with Crippen LogP contribution in [0.1, 0.15) is 62.5 Å². The van der Waals surface area contributed by atoms with Crippen molar-refractivity contribution in [3.8, 4) is 11.3 Å². The van der Waals surface area contributed by atoms with Crippen molar-refractivity contribution < 1.29 is 28.6 Å². The average molecular weight is 605 g/mol. The van der Waals surface area contributed by atoms with Crippen LogP contribution in [-0.2, 0) is 15.0 Å². The number of benzene rings is 1. The van der Waals surface area contributed by atoms with E-state index in [2.05, 4.69) is 43.3 Å². The third kappa shape index (κ3) is 6.65. The Labute approximate surface area is 253 Å². The van der Waals surface area contributed by atoms with E-state index in [4.69, 9.17) is 10.2 Å². The van der Waals surface area contributed by atoms with Crippen LogP contribution in [0.3, 0.4) is 0 Å². The molecule has 1 spiro atoms. The molecular weight excluding hydrogens is 570 g/mol. The van der Waals surface area contributed by atoms with Crippen LogP contribution in [0, 0.1) is 11.6 Å². The van der Waals surface area contributed by atoms with Crippen LogP contribution in [0.2, 0.25) is 0 Å². The molecule has 2 aliphatic heterocycles. The van der Waals surface area contributed by atoms with E-state index in [-0.39, 0.29) is 17.1 Å². The number of piperidine rings is 1. The lowest BCUT2D eigenvalue weighted by Gasteiger charge is -2.29. The first-order valence-electron chi connectivity index (χ1n) is 14.5. The zero-order chi connectivity index (χ0) is 31.4. The van der Waals surface area contributed by atoms with Gasteiger partial charge in [0.05, 0.1) is 6.20 Å². The number of anilines is 2. The van der Waals surface area contributed by atoms with E-state index in [1.165, 1.54) is 11.6 Å². The van der Waals surface area contributed by atoms with E-state index in [9.17, 15) is 14.0 Å². The summed E-state index contributed by atoms with van der Waals surface area (Å²) < 4.78 is 30.0. The van der Waals surface area contributed by atoms with Crippen molar-refractivity contribution in [3.63, 3.8) is 0 Å². The molecular formula is C32H34F2N6O4. The van der Waals surface area contributed by atoms with Gasteiger partial charge in [0.2, 0.25) is 5.95 Å². The van der Waals surface area contributed by atoms with E-state index in [0.29, 0.717) is 35.1 Å². The van der Waals surface area contributed by atoms with E-state index in [0.717, 1.165) is 69.1 Å². The van der Waals surface area contributed by atoms with Gasteiger partial charge in [-0.2, -0.15) is 0 Å². The molecule has 1 aliphatic carbocycles. The lowest BCUT2D eigenvalue weighted by Crippen LogP contribution is -2.29. The van der Waals surface area contributed by atoms with Crippen LogP contribution in [-0.4, -0.2) is 67.9 Å². The molecule has 6 rings (SSSR count). The van der Waals surface area contributed by atoms with E-state index in [1.807, 2.05) is 25.3 Å². The summed E-state index contributed by atoms with van der Waals surface area (Å²) in [5.74, 6) is -2.24. The highest BCUT2D eigenvalue weighted by Crippen LogP contribution is 2.52. The average Bonchev–Trinajstić information content (AvgIpc) is 3.60. The fourth-order valence-corrected chi connectivity index (χ4v) is 6.24. The summed E-state index contributed by atoms with van der Waals surface area (Å²) in [4.78, 5) is 39.1. The van der Waals surface area contributed by atoms with Gasteiger partial charge in [0.15, 0.2) is 5.82 Å². The Morgan fingerprint density at radius 3 is 2.30 bits per heavy atom. The van der Waals surface area contributed by atoms with Gasteiger partial charge in [-0.05, 0) is 88.0 Å². The third-order valence-corrected chi connectivity index (χ3v) is 8.61. The highest BCUT2D eigenvalue weighted by molar-refractivity contribution is 6.01. The molecule has 2 fully saturated rings. The molecule has 0 unspecified atom stereocenters. The van der Waals surface area contributed by atoms with Gasteiger partial charge in [0.25, 0.3) is 0 Å². The molecule has 0 amide bonds. The minimum Gasteiger partial charge on any atom is -0.478 e. The summed E-state index contributed by atoms with van der Waals surface area (Å²) >= 11 is 0. The number of aliphatic carboxylic acids is 2. The molecule has 0 radical (unpaired) electrons. The summed E-state index contributed by atoms with van der Waals surface area (Å²) in [6.07, 6.45) is 10.4. The van der Waals surface area contributed by atoms with Crippen LogP contribution in [0.4, 0.5) is 26.2 Å². The maximum Gasteiger partial charge on any atom is 0.328 e. The van der Waals surface area contributed by atoms with Gasteiger partial charge >= 0.3 is 11.9 Å². The first-order valence-corrected chi connectivity index (χ1v) is 14.5. The number of hydrogen-bond donors (Lipinski definition) is 3. The molecule has 230 valence electrons. The number of likely N-dealkylation sites (tertiary alicyclic amines) is 1. The second-order valence-corrected chi connectivity index (χ2v) is 11.4. The van der Waals surface area contributed by atoms with Crippen molar-refractivity contribution in [1.29, 1.82) is 0 Å². The first-order chi connectivity index (χ1) is 21.1. The number of aromatic nitrogens is 3. The van der Waals surface area contributed by atoms with Crippen LogP contribution in [0.5, 0.6) is 0 Å². The quantitative estimate of drug-likeness (QED) is 0.289. The Morgan fingerprint density at radius 1 is 1.00 bits per heavy atom. The number of nitrogens with zero attached hydrogens (tertiary/aromatic N) is 5. The van der Waals surface area contributed by atoms with Gasteiger partial charge in [-0.15, -0.1) is 0 Å². The minimum absolute atomic E-state index is 0.0647. The molecule has 10 nitrogen and oxygen atoms in total. The third-order valence-electron chi connectivity index (χ3n) is 8.61. The molecule has 3 aliphatic rings. The van der Waals surface area contributed by atoms with Gasteiger partial charge in [0.1, 0.15) is 23.0 Å². The fraction of sp³-hybridized carbons (Fsp3) is 0.375. The van der Waals surface area contributed by atoms with Crippen LogP contribution in [0.25, 0.3) is 11.3 Å². The predicted molar refractivity (Wildman–Crippen MR) is 162 cm³/mol. The molecule has 44 heavy (non-hydrogen) atoms. The topological polar surface area (TPSA) is 141 Å². The zero-order valence-electron chi connectivity index (χ0n) is 24.6. The van der Waals surface area contributed by atoms with E-state index < -0.39 is 23.6 Å². The normalized spacial score (nSPS) is 17.7. The molecule has 3 aromatic rings. The van der Waals surface area contributed by atoms with Crippen molar-refractivity contribution in [2.75, 3.05) is 25.5 Å². The van der Waals surface area contributed by atoms with Gasteiger partial charge in [-0.25, -0.2) is 33.3 Å². The number of hydrogen-bond acceptors (Lipinski definition) is 8. The lowest BCUT2D eigenvalue weighted by molar-refractivity contribution is -0.134. The number of pyridine rings is 1. The molecule has 3 N–H and O–H groups in total. The summed E-state index contributed by atoms with van der Waals surface area (Å²) in [7, 11) is 2.15. The molecule has 1 saturated carbocycles. The Kier molecular flexibility index (Phi) is 9.09. The standard InChI is InChI=1S/C28H30F2N6.C4H4O4/c1-17-28(9-3-4-10-28)21-13-20(14-22(29)26(21)33-17)25-23(30)16-32-27(35-25)34-24-6-5-19(15-31-24)18-7-11-36(2)12-8-18;5-3(6)1-2-4(7)8/h5-6,13-16,18H,3-4,7-12H2,1-2H3,(H,31,32,34,35);1-2H,(H,5,6)(H,7,8)/b;2-1+. The molecule has 0 bridgehead atoms. The second-order valence-electron chi connectivity index (χ2n) is 11.4. The molecule has 1 aromatic carbocycles. The highest BCUT2D eigenvalue weighted by atomic mass is 19.1. The maximum absolute atomic E-state index is 15.1. The number of carboxylic acids is 2. The fourth-order valence-electron chi connectivity index (χ4n) is 6.24.